The van der Waals surface area contributed by atoms with Crippen LogP contribution in [0.5, 0.6) is 0 Å². The summed E-state index contributed by atoms with van der Waals surface area (Å²) >= 11 is 0. The van der Waals surface area contributed by atoms with Crippen LogP contribution in [-0.2, 0) is 31.1 Å². The van der Waals surface area contributed by atoms with Crippen molar-refractivity contribution in [3.05, 3.63) is 36.0 Å². The second-order valence-electron chi connectivity index (χ2n) is 11.1. The average molecular weight is 539 g/mol. The largest absolute Gasteiger partial charge is 0.370 e. The number of nitrogens with two attached hydrogens (primary N) is 1. The summed E-state index contributed by atoms with van der Waals surface area (Å²) < 4.78 is 1.75. The molecule has 3 heterocycles. The van der Waals surface area contributed by atoms with Crippen LogP contribution >= 0.6 is 0 Å². The summed E-state index contributed by atoms with van der Waals surface area (Å²) in [6, 6.07) is 6.94. The Morgan fingerprint density at radius 2 is 1.79 bits per heavy atom. The van der Waals surface area contributed by atoms with Gasteiger partial charge >= 0.3 is 0 Å². The lowest BCUT2D eigenvalue weighted by molar-refractivity contribution is -0.274. The van der Waals surface area contributed by atoms with Crippen LogP contribution < -0.4 is 5.73 Å². The van der Waals surface area contributed by atoms with Crippen LogP contribution in [0.1, 0.15) is 52.7 Å². The zero-order valence-corrected chi connectivity index (χ0v) is 23.2. The van der Waals surface area contributed by atoms with E-state index in [0.29, 0.717) is 18.5 Å². The molecule has 11 nitrogen and oxygen atoms in total. The van der Waals surface area contributed by atoms with Crippen LogP contribution in [0, 0.1) is 11.8 Å². The summed E-state index contributed by atoms with van der Waals surface area (Å²) in [5, 5.41) is 6.63. The number of nitrogens with zero attached hydrogens (tertiary/aromatic N) is 5. The number of aromatic nitrogens is 2. The Labute approximate surface area is 228 Å². The van der Waals surface area contributed by atoms with Gasteiger partial charge in [0, 0.05) is 31.5 Å². The monoisotopic (exact) mass is 538 g/mol. The van der Waals surface area contributed by atoms with Gasteiger partial charge in [-0.3, -0.25) is 28.7 Å². The molecule has 0 unspecified atom stereocenters. The minimum absolute atomic E-state index is 0.0156. The van der Waals surface area contributed by atoms with Gasteiger partial charge in [-0.1, -0.05) is 45.9 Å². The topological polar surface area (TPSA) is 131 Å². The van der Waals surface area contributed by atoms with E-state index in [9.17, 15) is 19.2 Å². The highest BCUT2D eigenvalue weighted by atomic mass is 16.7. The summed E-state index contributed by atoms with van der Waals surface area (Å²) in [5.74, 6) is -1.31. The molecule has 3 atom stereocenters. The van der Waals surface area contributed by atoms with Crippen molar-refractivity contribution in [3.8, 4) is 0 Å². The number of carbonyl (C=O) groups excluding carboxylic acids is 4. The molecule has 4 rings (SSSR count). The first-order valence-electron chi connectivity index (χ1n) is 13.5. The molecule has 2 aromatic rings. The molecule has 2 fully saturated rings. The van der Waals surface area contributed by atoms with E-state index < -0.39 is 30.1 Å². The maximum Gasteiger partial charge on any atom is 0.272 e. The van der Waals surface area contributed by atoms with E-state index >= 15 is 0 Å². The van der Waals surface area contributed by atoms with Crippen molar-refractivity contribution >= 4 is 40.6 Å². The molecule has 2 aliphatic rings. The Morgan fingerprint density at radius 1 is 1.10 bits per heavy atom. The molecule has 2 N–H and O–H groups in total. The number of aryl methyl sites for hydroxylation is 1. The predicted molar refractivity (Wildman–Crippen MR) is 145 cm³/mol. The summed E-state index contributed by atoms with van der Waals surface area (Å²) in [6.45, 7) is 8.02. The van der Waals surface area contributed by atoms with E-state index in [0.717, 1.165) is 10.9 Å². The molecule has 2 saturated heterocycles. The molecule has 0 saturated carbocycles. The van der Waals surface area contributed by atoms with Gasteiger partial charge in [-0.15, -0.1) is 0 Å². The van der Waals surface area contributed by atoms with Crippen LogP contribution in [-0.4, -0.2) is 79.7 Å². The first-order valence-corrected chi connectivity index (χ1v) is 13.5. The van der Waals surface area contributed by atoms with Crippen LogP contribution in [0.3, 0.4) is 0 Å². The molecule has 0 bridgehead atoms. The number of piperazine rings is 1. The van der Waals surface area contributed by atoms with Gasteiger partial charge in [0.2, 0.25) is 11.8 Å². The van der Waals surface area contributed by atoms with Crippen LogP contribution in [0.2, 0.25) is 0 Å². The highest BCUT2D eigenvalue weighted by molar-refractivity contribution is 5.97. The second kappa shape index (κ2) is 11.6. The Hall–Kier alpha value is -3.73. The Morgan fingerprint density at radius 3 is 2.46 bits per heavy atom. The molecule has 0 spiro atoms. The molecule has 4 amide bonds. The smallest absolute Gasteiger partial charge is 0.272 e. The molecule has 0 aliphatic carbocycles. The quantitative estimate of drug-likeness (QED) is 0.486. The van der Waals surface area contributed by atoms with Crippen molar-refractivity contribution < 1.29 is 24.0 Å². The molecule has 210 valence electrons. The number of fused-ring (bicyclic) bond motifs is 2. The van der Waals surface area contributed by atoms with E-state index in [-0.39, 0.29) is 43.2 Å². The zero-order chi connectivity index (χ0) is 28.4. The number of para-hydroxylation sites is 1. The molecule has 39 heavy (non-hydrogen) atoms. The number of hydrogen-bond donors (Lipinski definition) is 1. The highest BCUT2D eigenvalue weighted by Gasteiger charge is 2.52. The maximum absolute atomic E-state index is 13.7. The number of benzene rings is 1. The second-order valence-corrected chi connectivity index (χ2v) is 11.1. The predicted octanol–water partition coefficient (Wildman–Crippen LogP) is 2.06. The van der Waals surface area contributed by atoms with Crippen molar-refractivity contribution in [2.24, 2.45) is 24.6 Å². The first kappa shape index (κ1) is 28.3. The Bertz CT molecular complexity index is 1280. The SMILES string of the molecule is CC(C)C[C@H]1ON(C(=O)/C=C/c2nn(C)c3ccccc23)[C@H]2CN(CCC(N)=O)C(=O)[C@H](CC(C)C)N2C1=O. The summed E-state index contributed by atoms with van der Waals surface area (Å²) in [4.78, 5) is 61.5. The van der Waals surface area contributed by atoms with Gasteiger partial charge in [0.15, 0.2) is 12.3 Å². The lowest BCUT2D eigenvalue weighted by Crippen LogP contribution is -2.73. The van der Waals surface area contributed by atoms with Crippen LogP contribution in [0.4, 0.5) is 0 Å². The summed E-state index contributed by atoms with van der Waals surface area (Å²) in [5.41, 5.74) is 6.91. The third-order valence-corrected chi connectivity index (χ3v) is 7.07. The third-order valence-electron chi connectivity index (χ3n) is 7.07. The van der Waals surface area contributed by atoms with Crippen LogP contribution in [0.25, 0.3) is 17.0 Å². The fourth-order valence-electron chi connectivity index (χ4n) is 5.29. The molecule has 1 aromatic carbocycles. The van der Waals surface area contributed by atoms with Crippen molar-refractivity contribution in [2.75, 3.05) is 13.1 Å². The number of hydrogen-bond acceptors (Lipinski definition) is 6. The number of carbonyl (C=O) groups is 4. The standard InChI is InChI=1S/C28H38N6O5/c1-17(2)14-22-27(37)32(13-12-24(29)35)16-25-33(22)28(38)23(15-18(3)4)39-34(25)26(36)11-10-20-19-8-6-7-9-21(19)31(5)30-20/h6-11,17-18,22-23,25H,12-16H2,1-5H3,(H2,29,35)/b11-10+/t22-,23+,25-/m0/s1. The van der Waals surface area contributed by atoms with Crippen molar-refractivity contribution in [1.29, 1.82) is 0 Å². The van der Waals surface area contributed by atoms with Gasteiger partial charge in [-0.2, -0.15) is 10.2 Å². The van der Waals surface area contributed by atoms with E-state index in [4.69, 9.17) is 10.6 Å². The average Bonchev–Trinajstić information content (AvgIpc) is 3.19. The lowest BCUT2D eigenvalue weighted by atomic mass is 9.95. The molecular weight excluding hydrogens is 500 g/mol. The van der Waals surface area contributed by atoms with E-state index in [1.807, 2.05) is 59.0 Å². The molecule has 1 aromatic heterocycles. The van der Waals surface area contributed by atoms with Crippen molar-refractivity contribution in [3.63, 3.8) is 0 Å². The molecular formula is C28H38N6O5. The Kier molecular flexibility index (Phi) is 8.39. The normalized spacial score (nSPS) is 22.0. The van der Waals surface area contributed by atoms with Crippen LogP contribution in [0.15, 0.2) is 30.3 Å². The van der Waals surface area contributed by atoms with Crippen molar-refractivity contribution in [1.82, 2.24) is 24.6 Å². The van der Waals surface area contributed by atoms with Gasteiger partial charge in [-0.05, 0) is 36.8 Å². The van der Waals surface area contributed by atoms with Gasteiger partial charge in [0.05, 0.1) is 17.8 Å². The van der Waals surface area contributed by atoms with E-state index in [1.165, 1.54) is 20.9 Å². The van der Waals surface area contributed by atoms with Crippen molar-refractivity contribution in [2.45, 2.75) is 65.3 Å². The first-order chi connectivity index (χ1) is 18.5. The van der Waals surface area contributed by atoms with Gasteiger partial charge in [-0.25, -0.2) is 0 Å². The minimum atomic E-state index is -0.895. The molecule has 11 heteroatoms. The lowest BCUT2D eigenvalue weighted by Gasteiger charge is -2.53. The fourth-order valence-corrected chi connectivity index (χ4v) is 5.29. The molecule has 2 aliphatic heterocycles. The minimum Gasteiger partial charge on any atom is -0.370 e. The number of amides is 4. The highest BCUT2D eigenvalue weighted by Crippen LogP contribution is 2.32. The number of hydroxylamine groups is 2. The van der Waals surface area contributed by atoms with E-state index in [2.05, 4.69) is 5.10 Å². The van der Waals surface area contributed by atoms with Gasteiger partial charge in [0.1, 0.15) is 6.04 Å². The van der Waals surface area contributed by atoms with Gasteiger partial charge < -0.3 is 15.5 Å². The third kappa shape index (κ3) is 5.98. The Balaban J connectivity index is 1.69. The number of primary amides is 1. The maximum atomic E-state index is 13.7. The number of rotatable bonds is 9. The molecule has 0 radical (unpaired) electrons. The summed E-state index contributed by atoms with van der Waals surface area (Å²) in [6.07, 6.45) is 2.09. The zero-order valence-electron chi connectivity index (χ0n) is 23.2. The summed E-state index contributed by atoms with van der Waals surface area (Å²) in [7, 11) is 1.84. The van der Waals surface area contributed by atoms with Gasteiger partial charge in [0.25, 0.3) is 11.8 Å². The fraction of sp³-hybridized carbons (Fsp3) is 0.536. The van der Waals surface area contributed by atoms with E-state index in [1.54, 1.807) is 10.8 Å².